The lowest BCUT2D eigenvalue weighted by Crippen LogP contribution is -2.48. The lowest BCUT2D eigenvalue weighted by Gasteiger charge is -2.36. The monoisotopic (exact) mass is 220 g/mol. The number of hydrogen-bond acceptors (Lipinski definition) is 3. The van der Waals surface area contributed by atoms with E-state index >= 15 is 0 Å². The zero-order valence-corrected chi connectivity index (χ0v) is 9.06. The minimum atomic E-state index is -1.48. The van der Waals surface area contributed by atoms with Crippen LogP contribution in [-0.2, 0) is 9.53 Å². The van der Waals surface area contributed by atoms with Crippen LogP contribution in [0.15, 0.2) is 24.3 Å². The van der Waals surface area contributed by atoms with E-state index in [4.69, 9.17) is 9.84 Å². The minimum absolute atomic E-state index is 0.362. The van der Waals surface area contributed by atoms with Gasteiger partial charge in [0, 0.05) is 5.92 Å². The first-order valence-electron chi connectivity index (χ1n) is 5.02. The highest BCUT2D eigenvalue weighted by Gasteiger charge is 2.48. The number of cyclic esters (lactones) is 1. The topological polar surface area (TPSA) is 63.6 Å². The molecule has 0 bridgehead atoms. The van der Waals surface area contributed by atoms with E-state index in [1.54, 1.807) is 31.2 Å². The number of esters is 1. The Morgan fingerprint density at radius 3 is 2.69 bits per heavy atom. The number of hydrogen-bond donors (Lipinski definition) is 1. The molecule has 1 aromatic carbocycles. The predicted molar refractivity (Wildman–Crippen MR) is 56.3 cm³/mol. The van der Waals surface area contributed by atoms with Crippen LogP contribution in [0.5, 0.6) is 0 Å². The largest absolute Gasteiger partial charge is 0.478 e. The molecule has 0 saturated heterocycles. The Kier molecular flexibility index (Phi) is 2.22. The first kappa shape index (κ1) is 10.7. The smallest absolute Gasteiger partial charge is 0.348 e. The molecule has 2 atom stereocenters. The van der Waals surface area contributed by atoms with Crippen molar-refractivity contribution >= 4 is 11.9 Å². The predicted octanol–water partition coefficient (Wildman–Crippen LogP) is 1.80. The van der Waals surface area contributed by atoms with Crippen molar-refractivity contribution in [2.75, 3.05) is 0 Å². The Labute approximate surface area is 92.8 Å². The first-order valence-corrected chi connectivity index (χ1v) is 5.02. The van der Waals surface area contributed by atoms with Crippen LogP contribution >= 0.6 is 0 Å². The molecule has 0 aliphatic carbocycles. The Hall–Kier alpha value is -1.84. The van der Waals surface area contributed by atoms with Gasteiger partial charge in [-0.25, -0.2) is 9.59 Å². The average molecular weight is 220 g/mol. The molecule has 2 unspecified atom stereocenters. The summed E-state index contributed by atoms with van der Waals surface area (Å²) in [6.07, 6.45) is 0. The average Bonchev–Trinajstić information content (AvgIpc) is 2.26. The van der Waals surface area contributed by atoms with Gasteiger partial charge in [-0.2, -0.15) is 0 Å². The summed E-state index contributed by atoms with van der Waals surface area (Å²) in [4.78, 5) is 22.8. The molecule has 0 saturated carbocycles. The highest BCUT2D eigenvalue weighted by atomic mass is 16.6. The van der Waals surface area contributed by atoms with Gasteiger partial charge in [-0.3, -0.25) is 0 Å². The Bertz CT molecular complexity index is 466. The second-order valence-corrected chi connectivity index (χ2v) is 4.11. The SMILES string of the molecule is CC1c2ccccc2C(=O)OC1(C)C(=O)O. The molecule has 1 aromatic rings. The van der Waals surface area contributed by atoms with Crippen LogP contribution in [0.25, 0.3) is 0 Å². The number of carbonyl (C=O) groups excluding carboxylic acids is 1. The van der Waals surface area contributed by atoms with E-state index in [2.05, 4.69) is 0 Å². The van der Waals surface area contributed by atoms with Gasteiger partial charge in [-0.05, 0) is 18.6 Å². The number of benzene rings is 1. The maximum Gasteiger partial charge on any atom is 0.348 e. The lowest BCUT2D eigenvalue weighted by molar-refractivity contribution is -0.160. The molecule has 16 heavy (non-hydrogen) atoms. The number of carboxylic acids is 1. The first-order chi connectivity index (χ1) is 7.47. The fraction of sp³-hybridized carbons (Fsp3) is 0.333. The molecule has 0 amide bonds. The van der Waals surface area contributed by atoms with E-state index in [-0.39, 0.29) is 5.92 Å². The van der Waals surface area contributed by atoms with E-state index in [1.165, 1.54) is 6.92 Å². The number of aliphatic carboxylic acids is 1. The zero-order chi connectivity index (χ0) is 11.9. The van der Waals surface area contributed by atoms with Crippen LogP contribution in [0.3, 0.4) is 0 Å². The van der Waals surface area contributed by atoms with Gasteiger partial charge in [0.15, 0.2) is 0 Å². The summed E-state index contributed by atoms with van der Waals surface area (Å²) in [5.74, 6) is -2.06. The second kappa shape index (κ2) is 3.33. The highest BCUT2D eigenvalue weighted by molar-refractivity contribution is 5.96. The molecule has 1 heterocycles. The minimum Gasteiger partial charge on any atom is -0.478 e. The van der Waals surface area contributed by atoms with Crippen molar-refractivity contribution in [2.45, 2.75) is 25.4 Å². The summed E-state index contributed by atoms with van der Waals surface area (Å²) in [5, 5.41) is 9.13. The molecule has 0 aromatic heterocycles. The third kappa shape index (κ3) is 1.30. The summed E-state index contributed by atoms with van der Waals surface area (Å²) in [5.41, 5.74) is -0.303. The van der Waals surface area contributed by atoms with E-state index in [9.17, 15) is 9.59 Å². The van der Waals surface area contributed by atoms with Gasteiger partial charge in [0.25, 0.3) is 0 Å². The van der Waals surface area contributed by atoms with Gasteiger partial charge in [0.05, 0.1) is 5.56 Å². The van der Waals surface area contributed by atoms with Crippen LogP contribution in [0.2, 0.25) is 0 Å². The van der Waals surface area contributed by atoms with Gasteiger partial charge in [-0.1, -0.05) is 25.1 Å². The van der Waals surface area contributed by atoms with Gasteiger partial charge in [0.1, 0.15) is 0 Å². The normalized spacial score (nSPS) is 28.1. The van der Waals surface area contributed by atoms with Gasteiger partial charge in [0.2, 0.25) is 5.60 Å². The third-order valence-electron chi connectivity index (χ3n) is 3.20. The van der Waals surface area contributed by atoms with E-state index in [0.29, 0.717) is 5.56 Å². The van der Waals surface area contributed by atoms with Crippen molar-refractivity contribution in [3.63, 3.8) is 0 Å². The fourth-order valence-corrected chi connectivity index (χ4v) is 1.92. The Morgan fingerprint density at radius 1 is 1.44 bits per heavy atom. The van der Waals surface area contributed by atoms with Crippen LogP contribution in [0.4, 0.5) is 0 Å². The van der Waals surface area contributed by atoms with Crippen LogP contribution in [0, 0.1) is 0 Å². The lowest BCUT2D eigenvalue weighted by atomic mass is 9.80. The maximum atomic E-state index is 11.7. The quantitative estimate of drug-likeness (QED) is 0.733. The molecule has 4 nitrogen and oxygen atoms in total. The van der Waals surface area contributed by atoms with Crippen LogP contribution < -0.4 is 0 Å². The van der Waals surface area contributed by atoms with Crippen molar-refractivity contribution < 1.29 is 19.4 Å². The van der Waals surface area contributed by atoms with Crippen molar-refractivity contribution in [2.24, 2.45) is 0 Å². The van der Waals surface area contributed by atoms with E-state index in [0.717, 1.165) is 5.56 Å². The number of carbonyl (C=O) groups is 2. The number of carboxylic acid groups (broad SMARTS) is 1. The molecule has 1 aliphatic rings. The van der Waals surface area contributed by atoms with Gasteiger partial charge in [-0.15, -0.1) is 0 Å². The Balaban J connectivity index is 2.58. The third-order valence-corrected chi connectivity index (χ3v) is 3.20. The molecular weight excluding hydrogens is 208 g/mol. The molecule has 0 fully saturated rings. The number of rotatable bonds is 1. The van der Waals surface area contributed by atoms with Crippen molar-refractivity contribution in [3.05, 3.63) is 35.4 Å². The summed E-state index contributed by atoms with van der Waals surface area (Å²) >= 11 is 0. The Morgan fingerprint density at radius 2 is 2.06 bits per heavy atom. The number of fused-ring (bicyclic) bond motifs is 1. The van der Waals surface area contributed by atoms with Crippen molar-refractivity contribution in [1.29, 1.82) is 0 Å². The molecule has 2 rings (SSSR count). The van der Waals surface area contributed by atoms with Crippen LogP contribution in [0.1, 0.15) is 35.7 Å². The summed E-state index contributed by atoms with van der Waals surface area (Å²) in [6, 6.07) is 6.93. The van der Waals surface area contributed by atoms with Crippen molar-refractivity contribution in [3.8, 4) is 0 Å². The summed E-state index contributed by atoms with van der Waals surface area (Å²) in [7, 11) is 0. The second-order valence-electron chi connectivity index (χ2n) is 4.11. The van der Waals surface area contributed by atoms with Crippen LogP contribution in [-0.4, -0.2) is 22.6 Å². The summed E-state index contributed by atoms with van der Waals surface area (Å²) in [6.45, 7) is 3.17. The fourth-order valence-electron chi connectivity index (χ4n) is 1.92. The zero-order valence-electron chi connectivity index (χ0n) is 9.06. The molecule has 4 heteroatoms. The molecule has 0 radical (unpaired) electrons. The molecule has 1 aliphatic heterocycles. The number of ether oxygens (including phenoxy) is 1. The maximum absolute atomic E-state index is 11.7. The molecule has 1 N–H and O–H groups in total. The molecular formula is C12H12O4. The molecule has 0 spiro atoms. The van der Waals surface area contributed by atoms with E-state index in [1.807, 2.05) is 0 Å². The highest BCUT2D eigenvalue weighted by Crippen LogP contribution is 2.38. The van der Waals surface area contributed by atoms with E-state index < -0.39 is 17.5 Å². The van der Waals surface area contributed by atoms with Gasteiger partial charge < -0.3 is 9.84 Å². The summed E-state index contributed by atoms with van der Waals surface area (Å²) < 4.78 is 5.04. The standard InChI is InChI=1S/C12H12O4/c1-7-8-5-3-4-6-9(8)10(13)16-12(7,2)11(14)15/h3-7H,1-2H3,(H,14,15). The molecule has 84 valence electrons. The van der Waals surface area contributed by atoms with Gasteiger partial charge >= 0.3 is 11.9 Å². The van der Waals surface area contributed by atoms with Crippen molar-refractivity contribution in [1.82, 2.24) is 0 Å².